The zero-order valence-electron chi connectivity index (χ0n) is 19.0. The van der Waals surface area contributed by atoms with Crippen LogP contribution in [0.1, 0.15) is 78.6 Å². The molecule has 0 aliphatic heterocycles. The topological polar surface area (TPSA) is 80.7 Å². The molecule has 0 saturated heterocycles. The van der Waals surface area contributed by atoms with Gasteiger partial charge in [-0.1, -0.05) is 26.3 Å². The predicted octanol–water partition coefficient (Wildman–Crippen LogP) is 4.07. The van der Waals surface area contributed by atoms with Crippen molar-refractivity contribution in [3.63, 3.8) is 0 Å². The van der Waals surface area contributed by atoms with Crippen molar-refractivity contribution < 1.29 is 24.2 Å². The van der Waals surface area contributed by atoms with E-state index in [9.17, 15) is 19.5 Å². The van der Waals surface area contributed by atoms with Gasteiger partial charge in [-0.2, -0.15) is 12.6 Å². The summed E-state index contributed by atoms with van der Waals surface area (Å²) in [5.41, 5.74) is -1.03. The second kappa shape index (κ2) is 8.02. The fourth-order valence-electron chi connectivity index (χ4n) is 7.79. The molecule has 0 bridgehead atoms. The SMILES string of the molecule is CCCC(=O)O[C@H]1C[C@@]2(C)[C@@H](CC[C@]2(O)C(=O)CS)[C@@H]2CCC3=CC(=O)CC[C@]3(C)[C@H]21. The lowest BCUT2D eigenvalue weighted by atomic mass is 9.45. The molecule has 0 aromatic heterocycles. The molecule has 0 unspecified atom stereocenters. The van der Waals surface area contributed by atoms with Crippen molar-refractivity contribution in [2.45, 2.75) is 90.3 Å². The van der Waals surface area contributed by atoms with Crippen LogP contribution < -0.4 is 0 Å². The summed E-state index contributed by atoms with van der Waals surface area (Å²) in [7, 11) is 0. The van der Waals surface area contributed by atoms with Crippen molar-refractivity contribution in [2.75, 3.05) is 5.75 Å². The van der Waals surface area contributed by atoms with Gasteiger partial charge in [0.15, 0.2) is 11.6 Å². The van der Waals surface area contributed by atoms with E-state index in [2.05, 4.69) is 19.6 Å². The molecule has 3 saturated carbocycles. The lowest BCUT2D eigenvalue weighted by Crippen LogP contribution is -2.62. The Morgan fingerprint density at radius 2 is 1.97 bits per heavy atom. The minimum atomic E-state index is -1.42. The molecule has 4 aliphatic carbocycles. The first-order chi connectivity index (χ1) is 14.6. The number of carbonyl (C=O) groups excluding carboxylic acids is 3. The average molecular weight is 449 g/mol. The van der Waals surface area contributed by atoms with Crippen LogP contribution in [-0.4, -0.2) is 40.1 Å². The fraction of sp³-hybridized carbons (Fsp3) is 0.800. The molecule has 172 valence electrons. The molecule has 0 aromatic carbocycles. The highest BCUT2D eigenvalue weighted by atomic mass is 32.1. The molecule has 0 aromatic rings. The summed E-state index contributed by atoms with van der Waals surface area (Å²) in [6.45, 7) is 6.23. The van der Waals surface area contributed by atoms with Crippen molar-refractivity contribution in [2.24, 2.45) is 28.6 Å². The van der Waals surface area contributed by atoms with Crippen LogP contribution in [0.4, 0.5) is 0 Å². The van der Waals surface area contributed by atoms with Gasteiger partial charge in [0.1, 0.15) is 11.7 Å². The number of aliphatic hydroxyl groups is 1. The third kappa shape index (κ3) is 3.35. The Hall–Kier alpha value is -1.14. The molecular weight excluding hydrogens is 412 g/mol. The number of rotatable bonds is 5. The van der Waals surface area contributed by atoms with E-state index in [4.69, 9.17) is 4.74 Å². The first-order valence-electron chi connectivity index (χ1n) is 11.9. The summed E-state index contributed by atoms with van der Waals surface area (Å²) in [4.78, 5) is 37.6. The Morgan fingerprint density at radius 1 is 1.23 bits per heavy atom. The minimum absolute atomic E-state index is 0.0138. The number of ketones is 2. The quantitative estimate of drug-likeness (QED) is 0.489. The van der Waals surface area contributed by atoms with Gasteiger partial charge in [-0.05, 0) is 68.3 Å². The molecule has 4 rings (SSSR count). The summed E-state index contributed by atoms with van der Waals surface area (Å²) >= 11 is 4.19. The van der Waals surface area contributed by atoms with Crippen LogP contribution in [0.2, 0.25) is 0 Å². The van der Waals surface area contributed by atoms with Crippen LogP contribution in [-0.2, 0) is 19.1 Å². The monoisotopic (exact) mass is 448 g/mol. The van der Waals surface area contributed by atoms with Gasteiger partial charge in [-0.25, -0.2) is 0 Å². The molecule has 31 heavy (non-hydrogen) atoms. The average Bonchev–Trinajstić information content (AvgIpc) is 2.99. The van der Waals surface area contributed by atoms with Crippen LogP contribution >= 0.6 is 12.6 Å². The summed E-state index contributed by atoms with van der Waals surface area (Å²) in [5.74, 6) is 0.359. The van der Waals surface area contributed by atoms with E-state index in [0.29, 0.717) is 25.7 Å². The standard InChI is InChI=1S/C25H36O5S/c1-4-5-21(28)30-19-13-24(3)18(9-11-25(24,29)20(27)14-31)17-7-6-15-12-16(26)8-10-23(15,2)22(17)19/h12,17-19,22,29,31H,4-11,13-14H2,1-3H3/t17-,18-,19-,22+,23-,24-,25-/m0/s1. The third-order valence-corrected chi connectivity index (χ3v) is 9.66. The second-order valence-corrected chi connectivity index (χ2v) is 11.1. The molecule has 0 spiro atoms. The van der Waals surface area contributed by atoms with Gasteiger partial charge in [-0.3, -0.25) is 14.4 Å². The maximum Gasteiger partial charge on any atom is 0.306 e. The summed E-state index contributed by atoms with van der Waals surface area (Å²) in [6, 6.07) is 0. The molecule has 4 aliphatic rings. The predicted molar refractivity (Wildman–Crippen MR) is 121 cm³/mol. The zero-order chi connectivity index (χ0) is 22.6. The Kier molecular flexibility index (Phi) is 5.96. The van der Waals surface area contributed by atoms with E-state index in [1.807, 2.05) is 19.9 Å². The highest BCUT2D eigenvalue weighted by molar-refractivity contribution is 7.81. The first kappa shape index (κ1) is 23.0. The van der Waals surface area contributed by atoms with E-state index < -0.39 is 11.0 Å². The highest BCUT2D eigenvalue weighted by Gasteiger charge is 2.68. The first-order valence-corrected chi connectivity index (χ1v) is 12.5. The molecule has 0 heterocycles. The second-order valence-electron chi connectivity index (χ2n) is 10.8. The lowest BCUT2D eigenvalue weighted by molar-refractivity contribution is -0.194. The van der Waals surface area contributed by atoms with Crippen LogP contribution in [0.3, 0.4) is 0 Å². The van der Waals surface area contributed by atoms with Gasteiger partial charge in [0.2, 0.25) is 0 Å². The van der Waals surface area contributed by atoms with Gasteiger partial charge >= 0.3 is 5.97 Å². The molecule has 3 fully saturated rings. The zero-order valence-corrected chi connectivity index (χ0v) is 19.9. The van der Waals surface area contributed by atoms with Crippen molar-refractivity contribution in [1.82, 2.24) is 0 Å². The molecule has 7 atom stereocenters. The Labute approximate surface area is 190 Å². The van der Waals surface area contributed by atoms with Crippen molar-refractivity contribution in [1.29, 1.82) is 0 Å². The normalized spacial score (nSPS) is 44.0. The van der Waals surface area contributed by atoms with Crippen LogP contribution in [0.5, 0.6) is 0 Å². The van der Waals surface area contributed by atoms with Gasteiger partial charge in [0.25, 0.3) is 0 Å². The molecular formula is C25H36O5S. The number of ether oxygens (including phenoxy) is 1. The number of esters is 1. The fourth-order valence-corrected chi connectivity index (χ4v) is 8.05. The third-order valence-electron chi connectivity index (χ3n) is 9.37. The van der Waals surface area contributed by atoms with E-state index in [-0.39, 0.29) is 52.6 Å². The molecule has 0 amide bonds. The van der Waals surface area contributed by atoms with Crippen molar-refractivity contribution in [3.8, 4) is 0 Å². The Balaban J connectivity index is 1.77. The van der Waals surface area contributed by atoms with Gasteiger partial charge in [-0.15, -0.1) is 0 Å². The maximum atomic E-state index is 12.8. The maximum absolute atomic E-state index is 12.8. The van der Waals surface area contributed by atoms with Crippen LogP contribution in [0.25, 0.3) is 0 Å². The van der Waals surface area contributed by atoms with E-state index in [0.717, 1.165) is 32.1 Å². The molecule has 6 heteroatoms. The van der Waals surface area contributed by atoms with Crippen molar-refractivity contribution in [3.05, 3.63) is 11.6 Å². The Morgan fingerprint density at radius 3 is 2.65 bits per heavy atom. The van der Waals surface area contributed by atoms with Crippen LogP contribution in [0.15, 0.2) is 11.6 Å². The van der Waals surface area contributed by atoms with E-state index in [1.165, 1.54) is 5.57 Å². The smallest absolute Gasteiger partial charge is 0.306 e. The summed E-state index contributed by atoms with van der Waals surface area (Å²) < 4.78 is 6.13. The van der Waals surface area contributed by atoms with Gasteiger partial charge in [0, 0.05) is 24.2 Å². The highest BCUT2D eigenvalue weighted by Crippen LogP contribution is 2.68. The minimum Gasteiger partial charge on any atom is -0.462 e. The van der Waals surface area contributed by atoms with Gasteiger partial charge in [0.05, 0.1) is 5.75 Å². The Bertz CT molecular complexity index is 821. The van der Waals surface area contributed by atoms with E-state index in [1.54, 1.807) is 0 Å². The number of Topliss-reactive ketones (excluding diaryl/α,β-unsaturated/α-hetero) is 1. The number of hydrogen-bond donors (Lipinski definition) is 2. The molecule has 0 radical (unpaired) electrons. The largest absolute Gasteiger partial charge is 0.462 e. The van der Waals surface area contributed by atoms with Crippen molar-refractivity contribution >= 4 is 30.2 Å². The number of allylic oxidation sites excluding steroid dienone is 1. The summed E-state index contributed by atoms with van der Waals surface area (Å²) in [6.07, 6.45) is 7.40. The number of thiol groups is 1. The number of hydrogen-bond acceptors (Lipinski definition) is 6. The molecule has 1 N–H and O–H groups in total. The van der Waals surface area contributed by atoms with Gasteiger partial charge < -0.3 is 9.84 Å². The van der Waals surface area contributed by atoms with Crippen LogP contribution in [0, 0.1) is 28.6 Å². The number of fused-ring (bicyclic) bond motifs is 5. The number of carbonyl (C=O) groups is 3. The summed E-state index contributed by atoms with van der Waals surface area (Å²) in [5, 5.41) is 11.6. The lowest BCUT2D eigenvalue weighted by Gasteiger charge is -2.61. The molecule has 5 nitrogen and oxygen atoms in total. The van der Waals surface area contributed by atoms with E-state index >= 15 is 0 Å².